The maximum Gasteiger partial charge on any atom is 0.283 e. The van der Waals surface area contributed by atoms with Crippen molar-refractivity contribution in [2.45, 2.75) is 39.2 Å². The summed E-state index contributed by atoms with van der Waals surface area (Å²) >= 11 is 1.31. The zero-order chi connectivity index (χ0) is 23.7. The van der Waals surface area contributed by atoms with E-state index in [4.69, 9.17) is 9.47 Å². The van der Waals surface area contributed by atoms with Crippen LogP contribution in [0.5, 0.6) is 11.5 Å². The Balaban J connectivity index is 1.41. The van der Waals surface area contributed by atoms with Gasteiger partial charge < -0.3 is 14.4 Å². The number of fused-ring (bicyclic) bond motifs is 1. The summed E-state index contributed by atoms with van der Waals surface area (Å²) in [5, 5.41) is 0.513. The van der Waals surface area contributed by atoms with Gasteiger partial charge in [0.15, 0.2) is 16.7 Å². The number of carbonyl (C=O) groups is 2. The SMILES string of the molecule is Cc1ccc(N2C(=O)/C(=C/c3ccc4c(c3)OCO4)N=C2SCC(=O)N2CCCC[C@H]2C)cc1. The number of ether oxygens (including phenoxy) is 2. The van der Waals surface area contributed by atoms with Crippen LogP contribution in [0.1, 0.15) is 37.3 Å². The third-order valence-electron chi connectivity index (χ3n) is 6.27. The second-order valence-corrected chi connectivity index (χ2v) is 9.68. The van der Waals surface area contributed by atoms with E-state index in [1.54, 1.807) is 11.0 Å². The monoisotopic (exact) mass is 477 g/mol. The van der Waals surface area contributed by atoms with Crippen LogP contribution in [0.15, 0.2) is 53.2 Å². The summed E-state index contributed by atoms with van der Waals surface area (Å²) in [4.78, 5) is 34.5. The predicted molar refractivity (Wildman–Crippen MR) is 134 cm³/mol. The molecule has 8 heteroatoms. The molecule has 3 aliphatic heterocycles. The molecule has 0 aromatic heterocycles. The maximum absolute atomic E-state index is 13.4. The quantitative estimate of drug-likeness (QED) is 0.602. The zero-order valence-electron chi connectivity index (χ0n) is 19.3. The van der Waals surface area contributed by atoms with Crippen LogP contribution in [0.4, 0.5) is 5.69 Å². The Hall–Kier alpha value is -3.26. The lowest BCUT2D eigenvalue weighted by Crippen LogP contribution is -2.43. The number of benzene rings is 2. The van der Waals surface area contributed by atoms with Gasteiger partial charge in [-0.15, -0.1) is 0 Å². The van der Waals surface area contributed by atoms with Crippen molar-refractivity contribution in [1.29, 1.82) is 0 Å². The molecule has 176 valence electrons. The molecule has 0 N–H and O–H groups in total. The van der Waals surface area contributed by atoms with Gasteiger partial charge in [0.05, 0.1) is 11.4 Å². The molecule has 34 heavy (non-hydrogen) atoms. The molecule has 0 unspecified atom stereocenters. The molecule has 7 nitrogen and oxygen atoms in total. The highest BCUT2D eigenvalue weighted by molar-refractivity contribution is 8.14. The van der Waals surface area contributed by atoms with Gasteiger partial charge in [0, 0.05) is 12.6 Å². The maximum atomic E-state index is 13.4. The van der Waals surface area contributed by atoms with E-state index in [0.717, 1.165) is 42.6 Å². The lowest BCUT2D eigenvalue weighted by atomic mass is 10.0. The predicted octanol–water partition coefficient (Wildman–Crippen LogP) is 4.60. The normalized spacial score (nSPS) is 20.8. The van der Waals surface area contributed by atoms with Gasteiger partial charge in [-0.05, 0) is 69.0 Å². The summed E-state index contributed by atoms with van der Waals surface area (Å²) < 4.78 is 10.8. The van der Waals surface area contributed by atoms with Gasteiger partial charge in [-0.2, -0.15) is 0 Å². The molecular formula is C26H27N3O4S. The van der Waals surface area contributed by atoms with Crippen LogP contribution < -0.4 is 14.4 Å². The van der Waals surface area contributed by atoms with Crippen LogP contribution in [0.25, 0.3) is 6.08 Å². The van der Waals surface area contributed by atoms with E-state index >= 15 is 0 Å². The number of rotatable bonds is 4. The highest BCUT2D eigenvalue weighted by atomic mass is 32.2. The van der Waals surface area contributed by atoms with Crippen molar-refractivity contribution in [2.24, 2.45) is 4.99 Å². The van der Waals surface area contributed by atoms with Gasteiger partial charge in [0.2, 0.25) is 12.7 Å². The number of aliphatic imine (C=N–C) groups is 1. The highest BCUT2D eigenvalue weighted by Crippen LogP contribution is 2.35. The number of hydrogen-bond acceptors (Lipinski definition) is 6. The summed E-state index contributed by atoms with van der Waals surface area (Å²) in [5.41, 5.74) is 2.95. The van der Waals surface area contributed by atoms with E-state index in [2.05, 4.69) is 11.9 Å². The minimum Gasteiger partial charge on any atom is -0.454 e. The molecule has 5 rings (SSSR count). The van der Waals surface area contributed by atoms with E-state index in [9.17, 15) is 9.59 Å². The Kier molecular flexibility index (Phi) is 6.32. The molecular weight excluding hydrogens is 450 g/mol. The summed E-state index contributed by atoms with van der Waals surface area (Å²) in [6, 6.07) is 13.5. The lowest BCUT2D eigenvalue weighted by Gasteiger charge is -2.33. The van der Waals surface area contributed by atoms with E-state index < -0.39 is 0 Å². The molecule has 1 atom stereocenters. The van der Waals surface area contributed by atoms with Gasteiger partial charge in [0.25, 0.3) is 5.91 Å². The molecule has 2 aromatic rings. The fraction of sp³-hybridized carbons (Fsp3) is 0.346. The van der Waals surface area contributed by atoms with Crippen LogP contribution in [0, 0.1) is 6.92 Å². The van der Waals surface area contributed by atoms with E-state index in [-0.39, 0.29) is 30.4 Å². The minimum atomic E-state index is -0.220. The summed E-state index contributed by atoms with van der Waals surface area (Å²) in [6.45, 7) is 5.09. The molecule has 0 spiro atoms. The van der Waals surface area contributed by atoms with Crippen molar-refractivity contribution >= 4 is 40.5 Å². The van der Waals surface area contributed by atoms with Crippen LogP contribution in [0.2, 0.25) is 0 Å². The first kappa shape index (κ1) is 22.5. The van der Waals surface area contributed by atoms with Crippen molar-refractivity contribution < 1.29 is 19.1 Å². The van der Waals surface area contributed by atoms with Crippen LogP contribution >= 0.6 is 11.8 Å². The van der Waals surface area contributed by atoms with Crippen molar-refractivity contribution in [3.8, 4) is 11.5 Å². The van der Waals surface area contributed by atoms with E-state index in [1.807, 2.05) is 54.3 Å². The van der Waals surface area contributed by atoms with Crippen LogP contribution in [-0.2, 0) is 9.59 Å². The van der Waals surface area contributed by atoms with Gasteiger partial charge in [-0.1, -0.05) is 35.5 Å². The Labute approximate surface area is 203 Å². The molecule has 1 saturated heterocycles. The molecule has 0 aliphatic carbocycles. The third-order valence-corrected chi connectivity index (χ3v) is 7.19. The highest BCUT2D eigenvalue weighted by Gasteiger charge is 2.33. The van der Waals surface area contributed by atoms with Crippen molar-refractivity contribution in [3.63, 3.8) is 0 Å². The Morgan fingerprint density at radius 1 is 1.15 bits per heavy atom. The molecule has 1 fully saturated rings. The first-order chi connectivity index (χ1) is 16.5. The first-order valence-electron chi connectivity index (χ1n) is 11.5. The third kappa shape index (κ3) is 4.55. The average Bonchev–Trinajstić information content (AvgIpc) is 3.42. The fourth-order valence-corrected chi connectivity index (χ4v) is 5.25. The molecule has 3 heterocycles. The van der Waals surface area contributed by atoms with Crippen molar-refractivity contribution in [1.82, 2.24) is 4.90 Å². The number of aryl methyl sites for hydroxylation is 1. The van der Waals surface area contributed by atoms with Gasteiger partial charge in [-0.25, -0.2) is 4.99 Å². The number of carbonyl (C=O) groups excluding carboxylic acids is 2. The fourth-order valence-electron chi connectivity index (χ4n) is 4.35. The number of piperidine rings is 1. The van der Waals surface area contributed by atoms with Gasteiger partial charge in [0.1, 0.15) is 5.70 Å². The molecule has 0 radical (unpaired) electrons. The number of hydrogen-bond donors (Lipinski definition) is 0. The number of nitrogens with zero attached hydrogens (tertiary/aromatic N) is 3. The first-order valence-corrected chi connectivity index (χ1v) is 12.5. The topological polar surface area (TPSA) is 71.4 Å². The number of likely N-dealkylation sites (tertiary alicyclic amines) is 1. The molecule has 2 amide bonds. The summed E-state index contributed by atoms with van der Waals surface area (Å²) in [5.74, 6) is 1.45. The Morgan fingerprint density at radius 2 is 1.94 bits per heavy atom. The number of amides is 2. The van der Waals surface area contributed by atoms with Crippen molar-refractivity contribution in [3.05, 3.63) is 59.3 Å². The molecule has 0 bridgehead atoms. The van der Waals surface area contributed by atoms with Gasteiger partial charge in [-0.3, -0.25) is 14.5 Å². The lowest BCUT2D eigenvalue weighted by molar-refractivity contribution is -0.131. The van der Waals surface area contributed by atoms with Crippen LogP contribution in [-0.4, -0.2) is 47.0 Å². The molecule has 3 aliphatic rings. The zero-order valence-corrected chi connectivity index (χ0v) is 20.1. The second kappa shape index (κ2) is 9.54. The van der Waals surface area contributed by atoms with E-state index in [1.165, 1.54) is 11.8 Å². The average molecular weight is 478 g/mol. The number of thioether (sulfide) groups is 1. The standard InChI is InChI=1S/C26H27N3O4S/c1-17-6-9-20(10-7-17)29-25(31)21(13-19-8-11-22-23(14-19)33-16-32-22)27-26(29)34-15-24(30)28-12-4-3-5-18(28)2/h6-11,13-14,18H,3-5,12,15-16H2,1-2H3/b21-13-/t18-/m1/s1. The largest absolute Gasteiger partial charge is 0.454 e. The van der Waals surface area contributed by atoms with E-state index in [0.29, 0.717) is 22.4 Å². The second-order valence-electron chi connectivity index (χ2n) is 8.73. The summed E-state index contributed by atoms with van der Waals surface area (Å²) in [7, 11) is 0. The van der Waals surface area contributed by atoms with Crippen LogP contribution in [0.3, 0.4) is 0 Å². The smallest absolute Gasteiger partial charge is 0.283 e. The Morgan fingerprint density at radius 3 is 2.74 bits per heavy atom. The van der Waals surface area contributed by atoms with Crippen molar-refractivity contribution in [2.75, 3.05) is 24.0 Å². The van der Waals surface area contributed by atoms with Gasteiger partial charge >= 0.3 is 0 Å². The Bertz CT molecular complexity index is 1180. The molecule has 0 saturated carbocycles. The minimum absolute atomic E-state index is 0.0874. The number of anilines is 1. The summed E-state index contributed by atoms with van der Waals surface area (Å²) in [6.07, 6.45) is 4.98. The molecule has 2 aromatic carbocycles. The number of amidine groups is 1.